The summed E-state index contributed by atoms with van der Waals surface area (Å²) in [5.41, 5.74) is 3.51. The van der Waals surface area contributed by atoms with E-state index in [0.717, 1.165) is 0 Å². The number of methoxy groups -OCH3 is 1. The average molecular weight is 249 g/mol. The molecule has 1 N–H and O–H groups in total. The standard InChI is InChI=1S/C12H15N3O3/c1-15-7-8-18-12(16)11(15)14-13-9-5-3-4-6-10(9)17-2/h3-6,13H,7-8H2,1-2H3. The number of anilines is 1. The molecule has 1 fully saturated rings. The second-order valence-corrected chi connectivity index (χ2v) is 3.80. The van der Waals surface area contributed by atoms with Crippen LogP contribution in [0.5, 0.6) is 5.75 Å². The van der Waals surface area contributed by atoms with Crippen molar-refractivity contribution in [3.05, 3.63) is 24.3 Å². The first-order valence-corrected chi connectivity index (χ1v) is 5.57. The molecule has 0 spiro atoms. The van der Waals surface area contributed by atoms with E-state index in [1.54, 1.807) is 19.1 Å². The molecule has 1 aromatic rings. The fourth-order valence-electron chi connectivity index (χ4n) is 1.58. The molecule has 18 heavy (non-hydrogen) atoms. The highest BCUT2D eigenvalue weighted by molar-refractivity contribution is 6.35. The minimum atomic E-state index is -0.425. The zero-order chi connectivity index (χ0) is 13.0. The van der Waals surface area contributed by atoms with Crippen LogP contribution in [-0.4, -0.2) is 44.0 Å². The molecule has 0 saturated carbocycles. The second kappa shape index (κ2) is 5.39. The average Bonchev–Trinajstić information content (AvgIpc) is 2.38. The van der Waals surface area contributed by atoms with E-state index in [2.05, 4.69) is 10.5 Å². The van der Waals surface area contributed by atoms with Crippen molar-refractivity contribution < 1.29 is 14.3 Å². The Morgan fingerprint density at radius 3 is 2.94 bits per heavy atom. The number of para-hydroxylation sites is 2. The molecular weight excluding hydrogens is 234 g/mol. The zero-order valence-electron chi connectivity index (χ0n) is 10.3. The van der Waals surface area contributed by atoms with Crippen molar-refractivity contribution in [3.8, 4) is 5.75 Å². The van der Waals surface area contributed by atoms with Crippen LogP contribution in [0.4, 0.5) is 5.69 Å². The third-order valence-corrected chi connectivity index (χ3v) is 2.59. The quantitative estimate of drug-likeness (QED) is 0.637. The fourth-order valence-corrected chi connectivity index (χ4v) is 1.58. The Bertz CT molecular complexity index is 473. The third kappa shape index (κ3) is 2.53. The predicted octanol–water partition coefficient (Wildman–Crippen LogP) is 0.909. The molecule has 1 aliphatic rings. The summed E-state index contributed by atoms with van der Waals surface area (Å²) in [5.74, 6) is 0.493. The monoisotopic (exact) mass is 249 g/mol. The number of amidine groups is 1. The number of nitrogens with zero attached hydrogens (tertiary/aromatic N) is 2. The van der Waals surface area contributed by atoms with Crippen molar-refractivity contribution >= 4 is 17.5 Å². The van der Waals surface area contributed by atoms with Gasteiger partial charge in [-0.15, -0.1) is 5.10 Å². The van der Waals surface area contributed by atoms with Crippen LogP contribution in [0.3, 0.4) is 0 Å². The number of ether oxygens (including phenoxy) is 2. The van der Waals surface area contributed by atoms with Crippen molar-refractivity contribution in [2.75, 3.05) is 32.7 Å². The molecule has 0 atom stereocenters. The summed E-state index contributed by atoms with van der Waals surface area (Å²) < 4.78 is 10.1. The molecule has 0 amide bonds. The number of nitrogens with one attached hydrogen (secondary N) is 1. The van der Waals surface area contributed by atoms with Gasteiger partial charge in [0.15, 0.2) is 0 Å². The number of carbonyl (C=O) groups is 1. The summed E-state index contributed by atoms with van der Waals surface area (Å²) in [5, 5.41) is 4.06. The lowest BCUT2D eigenvalue weighted by Gasteiger charge is -2.24. The molecule has 6 heteroatoms. The highest BCUT2D eigenvalue weighted by atomic mass is 16.5. The topological polar surface area (TPSA) is 63.2 Å². The highest BCUT2D eigenvalue weighted by Crippen LogP contribution is 2.22. The van der Waals surface area contributed by atoms with Gasteiger partial charge in [0.25, 0.3) is 0 Å². The van der Waals surface area contributed by atoms with Gasteiger partial charge in [-0.25, -0.2) is 4.79 Å². The fraction of sp³-hybridized carbons (Fsp3) is 0.333. The first-order chi connectivity index (χ1) is 8.72. The van der Waals surface area contributed by atoms with Crippen LogP contribution in [0.1, 0.15) is 0 Å². The molecular formula is C12H15N3O3. The van der Waals surface area contributed by atoms with E-state index in [-0.39, 0.29) is 5.84 Å². The number of cyclic esters (lactones) is 1. The van der Waals surface area contributed by atoms with Gasteiger partial charge in [-0.2, -0.15) is 0 Å². The van der Waals surface area contributed by atoms with E-state index >= 15 is 0 Å². The maximum atomic E-state index is 11.5. The van der Waals surface area contributed by atoms with Crippen molar-refractivity contribution in [3.63, 3.8) is 0 Å². The first kappa shape index (κ1) is 12.2. The summed E-state index contributed by atoms with van der Waals surface area (Å²) in [4.78, 5) is 13.3. The van der Waals surface area contributed by atoms with E-state index in [4.69, 9.17) is 9.47 Å². The summed E-state index contributed by atoms with van der Waals surface area (Å²) in [7, 11) is 3.37. The molecule has 0 radical (unpaired) electrons. The minimum Gasteiger partial charge on any atom is -0.495 e. The summed E-state index contributed by atoms with van der Waals surface area (Å²) in [6.07, 6.45) is 0. The Hall–Kier alpha value is -2.24. The molecule has 1 heterocycles. The van der Waals surface area contributed by atoms with Gasteiger partial charge in [-0.05, 0) is 12.1 Å². The van der Waals surface area contributed by atoms with Crippen molar-refractivity contribution in [2.24, 2.45) is 5.10 Å². The molecule has 1 aromatic carbocycles. The smallest absolute Gasteiger partial charge is 0.376 e. The van der Waals surface area contributed by atoms with Crippen LogP contribution >= 0.6 is 0 Å². The molecule has 1 saturated heterocycles. The van der Waals surface area contributed by atoms with E-state index < -0.39 is 5.97 Å². The van der Waals surface area contributed by atoms with E-state index in [9.17, 15) is 4.79 Å². The molecule has 0 aliphatic carbocycles. The van der Waals surface area contributed by atoms with Crippen molar-refractivity contribution in [2.45, 2.75) is 0 Å². The highest BCUT2D eigenvalue weighted by Gasteiger charge is 2.23. The SMILES string of the molecule is COc1ccccc1NN=C1C(=O)OCCN1C. The predicted molar refractivity (Wildman–Crippen MR) is 67.6 cm³/mol. The number of hydrazone groups is 1. The summed E-state index contributed by atoms with van der Waals surface area (Å²) in [6.45, 7) is 1.03. The Morgan fingerprint density at radius 2 is 2.22 bits per heavy atom. The van der Waals surface area contributed by atoms with Crippen LogP contribution in [0, 0.1) is 0 Å². The van der Waals surface area contributed by atoms with Crippen LogP contribution in [0.15, 0.2) is 29.4 Å². The molecule has 6 nitrogen and oxygen atoms in total. The Morgan fingerprint density at radius 1 is 1.44 bits per heavy atom. The number of hydrogen-bond acceptors (Lipinski definition) is 5. The molecule has 0 bridgehead atoms. The normalized spacial score (nSPS) is 17.6. The summed E-state index contributed by atoms with van der Waals surface area (Å²) in [6, 6.07) is 7.34. The minimum absolute atomic E-state index is 0.257. The number of benzene rings is 1. The second-order valence-electron chi connectivity index (χ2n) is 3.80. The van der Waals surface area contributed by atoms with Gasteiger partial charge in [0.2, 0.25) is 5.84 Å². The Balaban J connectivity index is 2.16. The van der Waals surface area contributed by atoms with Crippen LogP contribution in [0.25, 0.3) is 0 Å². The van der Waals surface area contributed by atoms with Crippen LogP contribution < -0.4 is 10.2 Å². The van der Waals surface area contributed by atoms with Gasteiger partial charge in [0.1, 0.15) is 12.4 Å². The van der Waals surface area contributed by atoms with E-state index in [1.165, 1.54) is 0 Å². The zero-order valence-corrected chi connectivity index (χ0v) is 10.3. The third-order valence-electron chi connectivity index (χ3n) is 2.59. The van der Waals surface area contributed by atoms with Crippen molar-refractivity contribution in [1.29, 1.82) is 0 Å². The number of hydrogen-bond donors (Lipinski definition) is 1. The van der Waals surface area contributed by atoms with Gasteiger partial charge in [-0.3, -0.25) is 5.43 Å². The first-order valence-electron chi connectivity index (χ1n) is 5.57. The lowest BCUT2D eigenvalue weighted by atomic mass is 10.3. The number of carbonyl (C=O) groups excluding carboxylic acids is 1. The number of rotatable bonds is 3. The number of likely N-dealkylation sites (N-methyl/N-ethyl adjacent to an activating group) is 1. The van der Waals surface area contributed by atoms with Crippen LogP contribution in [-0.2, 0) is 9.53 Å². The van der Waals surface area contributed by atoms with Crippen molar-refractivity contribution in [1.82, 2.24) is 4.90 Å². The maximum absolute atomic E-state index is 11.5. The Labute approximate surface area is 105 Å². The molecule has 2 rings (SSSR count). The molecule has 0 unspecified atom stereocenters. The largest absolute Gasteiger partial charge is 0.495 e. The lowest BCUT2D eigenvalue weighted by Crippen LogP contribution is -2.43. The lowest BCUT2D eigenvalue weighted by molar-refractivity contribution is -0.138. The maximum Gasteiger partial charge on any atom is 0.376 e. The Kier molecular flexibility index (Phi) is 3.66. The van der Waals surface area contributed by atoms with Crippen LogP contribution in [0.2, 0.25) is 0 Å². The number of morpholine rings is 1. The molecule has 0 aromatic heterocycles. The van der Waals surface area contributed by atoms with Gasteiger partial charge in [0.05, 0.1) is 19.3 Å². The van der Waals surface area contributed by atoms with Gasteiger partial charge < -0.3 is 14.4 Å². The molecule has 1 aliphatic heterocycles. The van der Waals surface area contributed by atoms with E-state index in [1.807, 2.05) is 24.3 Å². The van der Waals surface area contributed by atoms with E-state index in [0.29, 0.717) is 24.6 Å². The molecule has 96 valence electrons. The number of esters is 1. The van der Waals surface area contributed by atoms with Gasteiger partial charge in [-0.1, -0.05) is 12.1 Å². The summed E-state index contributed by atoms with van der Waals surface area (Å²) >= 11 is 0. The van der Waals surface area contributed by atoms with Gasteiger partial charge in [0, 0.05) is 7.05 Å². The van der Waals surface area contributed by atoms with Gasteiger partial charge >= 0.3 is 5.97 Å².